The van der Waals surface area contributed by atoms with Crippen LogP contribution in [0.2, 0.25) is 0 Å². The smallest absolute Gasteiger partial charge is 0.321 e. The van der Waals surface area contributed by atoms with Gasteiger partial charge in [0.1, 0.15) is 0 Å². The highest BCUT2D eigenvalue weighted by Gasteiger charge is 2.21. The van der Waals surface area contributed by atoms with Gasteiger partial charge in [0, 0.05) is 52.1 Å². The third kappa shape index (κ3) is 4.71. The number of amides is 2. The Morgan fingerprint density at radius 1 is 1.23 bits per heavy atom. The van der Waals surface area contributed by atoms with Crippen LogP contribution in [-0.4, -0.2) is 62.3 Å². The van der Waals surface area contributed by atoms with Crippen molar-refractivity contribution in [1.29, 1.82) is 0 Å². The number of urea groups is 1. The van der Waals surface area contributed by atoms with Crippen molar-refractivity contribution in [3.8, 4) is 0 Å². The van der Waals surface area contributed by atoms with Gasteiger partial charge in [-0.3, -0.25) is 4.90 Å². The predicted octanol–water partition coefficient (Wildman–Crippen LogP) is 2.49. The van der Waals surface area contributed by atoms with Gasteiger partial charge in [-0.2, -0.15) is 0 Å². The van der Waals surface area contributed by atoms with Crippen molar-refractivity contribution in [3.63, 3.8) is 0 Å². The molecule has 0 aromatic heterocycles. The molecule has 1 aliphatic rings. The van der Waals surface area contributed by atoms with E-state index in [9.17, 15) is 4.79 Å². The Kier molecular flexibility index (Phi) is 6.21. The van der Waals surface area contributed by atoms with Gasteiger partial charge in [0.15, 0.2) is 0 Å². The molecule has 1 aromatic rings. The summed E-state index contributed by atoms with van der Waals surface area (Å²) in [7, 11) is 1.73. The summed E-state index contributed by atoms with van der Waals surface area (Å²) in [4.78, 5) is 16.6. The van der Waals surface area contributed by atoms with Crippen molar-refractivity contribution >= 4 is 11.7 Å². The second-order valence-corrected chi connectivity index (χ2v) is 5.92. The molecule has 5 heteroatoms. The molecule has 22 heavy (non-hydrogen) atoms. The van der Waals surface area contributed by atoms with Crippen LogP contribution in [0.3, 0.4) is 0 Å². The van der Waals surface area contributed by atoms with Gasteiger partial charge in [0.2, 0.25) is 0 Å². The number of ether oxygens (including phenoxy) is 1. The first kappa shape index (κ1) is 16.8. The van der Waals surface area contributed by atoms with Crippen LogP contribution in [-0.2, 0) is 4.74 Å². The van der Waals surface area contributed by atoms with E-state index in [2.05, 4.69) is 23.2 Å². The SMILES string of the molecule is COCCCN1CCN(C(=O)Nc2ccc(C)cc2C)CC1. The lowest BCUT2D eigenvalue weighted by molar-refractivity contribution is 0.130. The monoisotopic (exact) mass is 305 g/mol. The van der Waals surface area contributed by atoms with E-state index in [-0.39, 0.29) is 6.03 Å². The van der Waals surface area contributed by atoms with Gasteiger partial charge in [-0.15, -0.1) is 0 Å². The predicted molar refractivity (Wildman–Crippen MR) is 89.4 cm³/mol. The van der Waals surface area contributed by atoms with Gasteiger partial charge < -0.3 is 15.0 Å². The second-order valence-electron chi connectivity index (χ2n) is 5.92. The summed E-state index contributed by atoms with van der Waals surface area (Å²) >= 11 is 0. The summed E-state index contributed by atoms with van der Waals surface area (Å²) in [6, 6.07) is 6.09. The molecular formula is C17H27N3O2. The second kappa shape index (κ2) is 8.15. The van der Waals surface area contributed by atoms with Crippen molar-refractivity contribution in [1.82, 2.24) is 9.80 Å². The highest BCUT2D eigenvalue weighted by Crippen LogP contribution is 2.17. The van der Waals surface area contributed by atoms with Crippen LogP contribution in [0.25, 0.3) is 0 Å². The molecule has 0 atom stereocenters. The number of carbonyl (C=O) groups is 1. The lowest BCUT2D eigenvalue weighted by Crippen LogP contribution is -2.50. The van der Waals surface area contributed by atoms with E-state index in [1.165, 1.54) is 5.56 Å². The molecule has 0 aliphatic carbocycles. The summed E-state index contributed by atoms with van der Waals surface area (Å²) in [5.74, 6) is 0. The van der Waals surface area contributed by atoms with Crippen LogP contribution in [0.4, 0.5) is 10.5 Å². The quantitative estimate of drug-likeness (QED) is 0.850. The van der Waals surface area contributed by atoms with Crippen LogP contribution < -0.4 is 5.32 Å². The first-order chi connectivity index (χ1) is 10.6. The minimum Gasteiger partial charge on any atom is -0.385 e. The number of aryl methyl sites for hydroxylation is 2. The van der Waals surface area contributed by atoms with Crippen LogP contribution in [0.15, 0.2) is 18.2 Å². The molecular weight excluding hydrogens is 278 g/mol. The van der Waals surface area contributed by atoms with Gasteiger partial charge in [-0.1, -0.05) is 17.7 Å². The molecule has 1 N–H and O–H groups in total. The number of benzene rings is 1. The van der Waals surface area contributed by atoms with E-state index < -0.39 is 0 Å². The summed E-state index contributed by atoms with van der Waals surface area (Å²) in [6.45, 7) is 9.35. The zero-order chi connectivity index (χ0) is 15.9. The highest BCUT2D eigenvalue weighted by molar-refractivity contribution is 5.90. The Labute approximate surface area is 133 Å². The molecule has 122 valence electrons. The largest absolute Gasteiger partial charge is 0.385 e. The molecule has 0 unspecified atom stereocenters. The lowest BCUT2D eigenvalue weighted by Gasteiger charge is -2.34. The first-order valence-corrected chi connectivity index (χ1v) is 7.94. The summed E-state index contributed by atoms with van der Waals surface area (Å²) in [5.41, 5.74) is 3.21. The molecule has 0 radical (unpaired) electrons. The van der Waals surface area contributed by atoms with E-state index in [1.807, 2.05) is 24.0 Å². The molecule has 0 bridgehead atoms. The van der Waals surface area contributed by atoms with Crippen LogP contribution in [0.5, 0.6) is 0 Å². The van der Waals surface area contributed by atoms with Gasteiger partial charge in [0.25, 0.3) is 0 Å². The van der Waals surface area contributed by atoms with Crippen molar-refractivity contribution in [3.05, 3.63) is 29.3 Å². The minimum absolute atomic E-state index is 0.00324. The number of hydrogen-bond acceptors (Lipinski definition) is 3. The molecule has 1 saturated heterocycles. The number of hydrogen-bond donors (Lipinski definition) is 1. The highest BCUT2D eigenvalue weighted by atomic mass is 16.5. The molecule has 2 amide bonds. The molecule has 2 rings (SSSR count). The zero-order valence-corrected chi connectivity index (χ0v) is 13.9. The standard InChI is InChI=1S/C17H27N3O2/c1-14-5-6-16(15(2)13-14)18-17(21)20-10-8-19(9-11-20)7-4-12-22-3/h5-6,13H,4,7-12H2,1-3H3,(H,18,21). The third-order valence-corrected chi connectivity index (χ3v) is 4.11. The van der Waals surface area contributed by atoms with E-state index >= 15 is 0 Å². The lowest BCUT2D eigenvalue weighted by atomic mass is 10.1. The Hall–Kier alpha value is -1.59. The topological polar surface area (TPSA) is 44.8 Å². The van der Waals surface area contributed by atoms with Crippen molar-refractivity contribution in [2.45, 2.75) is 20.3 Å². The molecule has 1 aromatic carbocycles. The van der Waals surface area contributed by atoms with Crippen LogP contribution in [0, 0.1) is 13.8 Å². The number of carbonyl (C=O) groups excluding carboxylic acids is 1. The normalized spacial score (nSPS) is 15.9. The maximum absolute atomic E-state index is 12.3. The van der Waals surface area contributed by atoms with Crippen molar-refractivity contribution < 1.29 is 9.53 Å². The number of anilines is 1. The van der Waals surface area contributed by atoms with E-state index in [0.29, 0.717) is 0 Å². The van der Waals surface area contributed by atoms with Crippen LogP contribution >= 0.6 is 0 Å². The Morgan fingerprint density at radius 2 is 1.95 bits per heavy atom. The average molecular weight is 305 g/mol. The van der Waals surface area contributed by atoms with Gasteiger partial charge in [0.05, 0.1) is 0 Å². The van der Waals surface area contributed by atoms with Gasteiger partial charge in [-0.25, -0.2) is 4.79 Å². The molecule has 0 saturated carbocycles. The Morgan fingerprint density at radius 3 is 2.59 bits per heavy atom. The molecule has 5 nitrogen and oxygen atoms in total. The number of piperazine rings is 1. The summed E-state index contributed by atoms with van der Waals surface area (Å²) in [5, 5.41) is 3.02. The third-order valence-electron chi connectivity index (χ3n) is 4.11. The summed E-state index contributed by atoms with van der Waals surface area (Å²) < 4.78 is 5.08. The van der Waals surface area contributed by atoms with E-state index in [4.69, 9.17) is 4.74 Å². The molecule has 1 heterocycles. The van der Waals surface area contributed by atoms with E-state index in [1.54, 1.807) is 7.11 Å². The summed E-state index contributed by atoms with van der Waals surface area (Å²) in [6.07, 6.45) is 1.05. The fourth-order valence-electron chi connectivity index (χ4n) is 2.76. The number of rotatable bonds is 5. The van der Waals surface area contributed by atoms with Gasteiger partial charge >= 0.3 is 6.03 Å². The maximum Gasteiger partial charge on any atom is 0.321 e. The van der Waals surface area contributed by atoms with Gasteiger partial charge in [-0.05, 0) is 31.9 Å². The fourth-order valence-corrected chi connectivity index (χ4v) is 2.76. The maximum atomic E-state index is 12.3. The molecule has 1 fully saturated rings. The number of nitrogens with zero attached hydrogens (tertiary/aromatic N) is 2. The van der Waals surface area contributed by atoms with Crippen LogP contribution in [0.1, 0.15) is 17.5 Å². The van der Waals surface area contributed by atoms with Crippen molar-refractivity contribution in [2.24, 2.45) is 0 Å². The Bertz CT molecular complexity index is 497. The Balaban J connectivity index is 1.80. The fraction of sp³-hybridized carbons (Fsp3) is 0.588. The number of nitrogens with one attached hydrogen (secondary N) is 1. The minimum atomic E-state index is 0.00324. The van der Waals surface area contributed by atoms with Crippen molar-refractivity contribution in [2.75, 3.05) is 51.8 Å². The zero-order valence-electron chi connectivity index (χ0n) is 13.9. The average Bonchev–Trinajstić information content (AvgIpc) is 2.51. The van der Waals surface area contributed by atoms with E-state index in [0.717, 1.165) is 57.0 Å². The molecule has 1 aliphatic heterocycles. The molecule has 0 spiro atoms. The number of methoxy groups -OCH3 is 1. The first-order valence-electron chi connectivity index (χ1n) is 7.94.